The van der Waals surface area contributed by atoms with Gasteiger partial charge in [-0.25, -0.2) is 0 Å². The van der Waals surface area contributed by atoms with E-state index in [1.54, 1.807) is 0 Å². The molecule has 0 saturated heterocycles. The Morgan fingerprint density at radius 3 is 2.10 bits per heavy atom. The van der Waals surface area contributed by atoms with E-state index in [4.69, 9.17) is 9.47 Å². The number of ether oxygens (including phenoxy) is 2. The molecule has 3 heteroatoms. The van der Waals surface area contributed by atoms with Crippen molar-refractivity contribution in [1.82, 2.24) is 0 Å². The van der Waals surface area contributed by atoms with Crippen LogP contribution in [-0.4, -0.2) is 19.7 Å². The molecule has 20 heavy (non-hydrogen) atoms. The summed E-state index contributed by atoms with van der Waals surface area (Å²) in [6.07, 6.45) is 1.09. The summed E-state index contributed by atoms with van der Waals surface area (Å²) in [5.74, 6) is 0.513. The Labute approximate surface area is 122 Å². The van der Waals surface area contributed by atoms with Crippen LogP contribution in [0.1, 0.15) is 46.6 Å². The predicted molar refractivity (Wildman–Crippen MR) is 81.1 cm³/mol. The van der Waals surface area contributed by atoms with E-state index in [0.29, 0.717) is 6.61 Å². The van der Waals surface area contributed by atoms with Gasteiger partial charge < -0.3 is 9.47 Å². The lowest BCUT2D eigenvalue weighted by molar-refractivity contribution is -0.152. The van der Waals surface area contributed by atoms with Crippen molar-refractivity contribution in [1.29, 1.82) is 0 Å². The Hall–Kier alpha value is -1.51. The SMILES string of the molecule is CCC(C)(C)c1ccc(OCC(C)(C)C(=O)OC)cc1. The van der Waals surface area contributed by atoms with Crippen LogP contribution in [0.15, 0.2) is 24.3 Å². The summed E-state index contributed by atoms with van der Waals surface area (Å²) in [5.41, 5.74) is 0.819. The highest BCUT2D eigenvalue weighted by Gasteiger charge is 2.29. The lowest BCUT2D eigenvalue weighted by Gasteiger charge is -2.24. The largest absolute Gasteiger partial charge is 0.492 e. The minimum atomic E-state index is -0.643. The molecule has 0 bridgehead atoms. The first-order valence-electron chi connectivity index (χ1n) is 7.04. The van der Waals surface area contributed by atoms with Crippen LogP contribution in [0.2, 0.25) is 0 Å². The van der Waals surface area contributed by atoms with Gasteiger partial charge in [0, 0.05) is 0 Å². The van der Waals surface area contributed by atoms with Gasteiger partial charge in [0.25, 0.3) is 0 Å². The molecule has 0 aliphatic carbocycles. The van der Waals surface area contributed by atoms with Gasteiger partial charge >= 0.3 is 5.97 Å². The molecule has 1 aromatic rings. The molecule has 112 valence electrons. The van der Waals surface area contributed by atoms with E-state index in [0.717, 1.165) is 12.2 Å². The number of esters is 1. The first kappa shape index (κ1) is 16.5. The summed E-state index contributed by atoms with van der Waals surface area (Å²) in [4.78, 5) is 11.6. The maximum atomic E-state index is 11.6. The number of carbonyl (C=O) groups excluding carboxylic acids is 1. The highest BCUT2D eigenvalue weighted by atomic mass is 16.5. The molecular formula is C17H26O3. The van der Waals surface area contributed by atoms with Crippen molar-refractivity contribution < 1.29 is 14.3 Å². The van der Waals surface area contributed by atoms with Crippen LogP contribution in [0, 0.1) is 5.41 Å². The molecule has 0 atom stereocenters. The molecule has 0 fully saturated rings. The minimum absolute atomic E-state index is 0.170. The van der Waals surface area contributed by atoms with E-state index in [-0.39, 0.29) is 11.4 Å². The van der Waals surface area contributed by atoms with Crippen LogP contribution >= 0.6 is 0 Å². The monoisotopic (exact) mass is 278 g/mol. The van der Waals surface area contributed by atoms with Crippen molar-refractivity contribution in [2.75, 3.05) is 13.7 Å². The molecule has 0 saturated carbocycles. The van der Waals surface area contributed by atoms with Crippen molar-refractivity contribution in [3.8, 4) is 5.75 Å². The number of rotatable bonds is 6. The average molecular weight is 278 g/mol. The maximum absolute atomic E-state index is 11.6. The Morgan fingerprint density at radius 1 is 1.10 bits per heavy atom. The topological polar surface area (TPSA) is 35.5 Å². The van der Waals surface area contributed by atoms with Gasteiger partial charge in [0.2, 0.25) is 0 Å². The highest BCUT2D eigenvalue weighted by molar-refractivity contribution is 5.75. The number of hydrogen-bond donors (Lipinski definition) is 0. The molecule has 0 amide bonds. The van der Waals surface area contributed by atoms with Crippen LogP contribution in [-0.2, 0) is 14.9 Å². The molecule has 0 radical (unpaired) electrons. The van der Waals surface area contributed by atoms with Crippen molar-refractivity contribution in [3.05, 3.63) is 29.8 Å². The van der Waals surface area contributed by atoms with Crippen molar-refractivity contribution in [3.63, 3.8) is 0 Å². The van der Waals surface area contributed by atoms with Crippen molar-refractivity contribution in [2.24, 2.45) is 5.41 Å². The quantitative estimate of drug-likeness (QED) is 0.739. The van der Waals surface area contributed by atoms with Crippen LogP contribution in [0.3, 0.4) is 0 Å². The molecule has 0 aliphatic heterocycles. The average Bonchev–Trinajstić information content (AvgIpc) is 2.44. The van der Waals surface area contributed by atoms with Gasteiger partial charge in [-0.2, -0.15) is 0 Å². The normalized spacial score (nSPS) is 12.1. The Kier molecular flexibility index (Phi) is 5.21. The molecule has 0 spiro atoms. The molecule has 3 nitrogen and oxygen atoms in total. The smallest absolute Gasteiger partial charge is 0.314 e. The lowest BCUT2D eigenvalue weighted by atomic mass is 9.82. The molecule has 1 rings (SSSR count). The van der Waals surface area contributed by atoms with Crippen LogP contribution in [0.4, 0.5) is 0 Å². The zero-order chi connectivity index (χ0) is 15.4. The summed E-state index contributed by atoms with van der Waals surface area (Å²) in [7, 11) is 1.39. The highest BCUT2D eigenvalue weighted by Crippen LogP contribution is 2.28. The van der Waals surface area contributed by atoms with E-state index in [1.807, 2.05) is 26.0 Å². The molecule has 0 N–H and O–H groups in total. The predicted octanol–water partition coefficient (Wildman–Crippen LogP) is 3.95. The van der Waals surface area contributed by atoms with Crippen LogP contribution in [0.5, 0.6) is 5.75 Å². The van der Waals surface area contributed by atoms with E-state index >= 15 is 0 Å². The lowest BCUT2D eigenvalue weighted by Crippen LogP contribution is -2.32. The fraction of sp³-hybridized carbons (Fsp3) is 0.588. The van der Waals surface area contributed by atoms with Gasteiger partial charge in [0.15, 0.2) is 0 Å². The summed E-state index contributed by atoms with van der Waals surface area (Å²) in [5, 5.41) is 0. The molecule has 0 aromatic heterocycles. The molecule has 1 aromatic carbocycles. The summed E-state index contributed by atoms with van der Waals surface area (Å²) >= 11 is 0. The Morgan fingerprint density at radius 2 is 1.65 bits per heavy atom. The fourth-order valence-corrected chi connectivity index (χ4v) is 1.81. The van der Waals surface area contributed by atoms with Gasteiger partial charge in [-0.15, -0.1) is 0 Å². The first-order chi connectivity index (χ1) is 9.23. The zero-order valence-electron chi connectivity index (χ0n) is 13.4. The van der Waals surface area contributed by atoms with Gasteiger partial charge in [-0.3, -0.25) is 4.79 Å². The first-order valence-corrected chi connectivity index (χ1v) is 7.04. The number of hydrogen-bond acceptors (Lipinski definition) is 3. The van der Waals surface area contributed by atoms with Crippen LogP contribution in [0.25, 0.3) is 0 Å². The van der Waals surface area contributed by atoms with Gasteiger partial charge in [0.05, 0.1) is 12.5 Å². The second kappa shape index (κ2) is 6.29. The Balaban J connectivity index is 2.70. The van der Waals surface area contributed by atoms with E-state index in [2.05, 4.69) is 32.9 Å². The Bertz CT molecular complexity index is 444. The third-order valence-electron chi connectivity index (χ3n) is 3.86. The van der Waals surface area contributed by atoms with Crippen molar-refractivity contribution >= 4 is 5.97 Å². The molecule has 0 heterocycles. The number of methoxy groups -OCH3 is 1. The second-order valence-electron chi connectivity index (χ2n) is 6.43. The van der Waals surface area contributed by atoms with Gasteiger partial charge in [-0.1, -0.05) is 32.9 Å². The molecular weight excluding hydrogens is 252 g/mol. The zero-order valence-corrected chi connectivity index (χ0v) is 13.4. The van der Waals surface area contributed by atoms with Gasteiger partial charge in [0.1, 0.15) is 12.4 Å². The summed E-state index contributed by atoms with van der Waals surface area (Å²) in [6.45, 7) is 10.6. The van der Waals surface area contributed by atoms with E-state index < -0.39 is 5.41 Å². The molecule has 0 unspecified atom stereocenters. The fourth-order valence-electron chi connectivity index (χ4n) is 1.81. The van der Waals surface area contributed by atoms with Crippen molar-refractivity contribution in [2.45, 2.75) is 46.5 Å². The third kappa shape index (κ3) is 3.99. The minimum Gasteiger partial charge on any atom is -0.492 e. The van der Waals surface area contributed by atoms with Gasteiger partial charge in [-0.05, 0) is 43.4 Å². The molecule has 0 aliphatic rings. The standard InChI is InChI=1S/C17H26O3/c1-7-16(2,3)13-8-10-14(11-9-13)20-12-17(4,5)15(18)19-6/h8-11H,7,12H2,1-6H3. The number of benzene rings is 1. The second-order valence-corrected chi connectivity index (χ2v) is 6.43. The third-order valence-corrected chi connectivity index (χ3v) is 3.86. The van der Waals surface area contributed by atoms with Crippen LogP contribution < -0.4 is 4.74 Å². The number of carbonyl (C=O) groups is 1. The van der Waals surface area contributed by atoms with E-state index in [9.17, 15) is 4.79 Å². The van der Waals surface area contributed by atoms with E-state index in [1.165, 1.54) is 12.7 Å². The maximum Gasteiger partial charge on any atom is 0.314 e. The summed E-state index contributed by atoms with van der Waals surface area (Å²) in [6, 6.07) is 8.09. The summed E-state index contributed by atoms with van der Waals surface area (Å²) < 4.78 is 10.5.